The summed E-state index contributed by atoms with van der Waals surface area (Å²) >= 11 is 0. The summed E-state index contributed by atoms with van der Waals surface area (Å²) in [7, 11) is 2.07. The Labute approximate surface area is 115 Å². The highest BCUT2D eigenvalue weighted by Gasteiger charge is 2.07. The third-order valence-corrected chi connectivity index (χ3v) is 3.87. The summed E-state index contributed by atoms with van der Waals surface area (Å²) in [5.74, 6) is 6.60. The minimum absolute atomic E-state index is 0.910. The Hall–Kier alpha value is -1.72. The lowest BCUT2D eigenvalue weighted by Gasteiger charge is -2.23. The van der Waals surface area contributed by atoms with Gasteiger partial charge in [-0.05, 0) is 50.2 Å². The second kappa shape index (κ2) is 5.50. The molecule has 1 aliphatic heterocycles. The molecule has 0 amide bonds. The van der Waals surface area contributed by atoms with Crippen molar-refractivity contribution in [2.75, 3.05) is 19.6 Å². The fraction of sp³-hybridized carbons (Fsp3) is 0.412. The highest BCUT2D eigenvalue weighted by atomic mass is 15.1. The van der Waals surface area contributed by atoms with E-state index in [4.69, 9.17) is 0 Å². The molecule has 2 aromatic rings. The van der Waals surface area contributed by atoms with Gasteiger partial charge in [0.1, 0.15) is 0 Å². The van der Waals surface area contributed by atoms with E-state index in [9.17, 15) is 0 Å². The first kappa shape index (κ1) is 12.3. The number of nitrogens with zero attached hydrogens (tertiary/aromatic N) is 2. The van der Waals surface area contributed by atoms with Crippen molar-refractivity contribution >= 4 is 10.9 Å². The number of likely N-dealkylation sites (tertiary alicyclic amines) is 1. The maximum absolute atomic E-state index is 3.31. The molecular formula is C17H20N2. The van der Waals surface area contributed by atoms with Crippen molar-refractivity contribution in [2.24, 2.45) is 7.05 Å². The molecule has 1 fully saturated rings. The molecule has 2 heterocycles. The first-order valence-corrected chi connectivity index (χ1v) is 7.09. The molecule has 0 unspecified atom stereocenters. The van der Waals surface area contributed by atoms with Crippen LogP contribution >= 0.6 is 0 Å². The van der Waals surface area contributed by atoms with Crippen LogP contribution in [0.15, 0.2) is 30.5 Å². The van der Waals surface area contributed by atoms with Crippen LogP contribution in [0.4, 0.5) is 0 Å². The normalized spacial score (nSPS) is 16.3. The van der Waals surface area contributed by atoms with Crippen LogP contribution in [0.5, 0.6) is 0 Å². The van der Waals surface area contributed by atoms with Crippen LogP contribution in [0.3, 0.4) is 0 Å². The van der Waals surface area contributed by atoms with Gasteiger partial charge in [-0.3, -0.25) is 4.90 Å². The number of hydrogen-bond donors (Lipinski definition) is 0. The lowest BCUT2D eigenvalue weighted by molar-refractivity contribution is 0.255. The van der Waals surface area contributed by atoms with Gasteiger partial charge in [0.2, 0.25) is 0 Å². The molecule has 0 radical (unpaired) electrons. The van der Waals surface area contributed by atoms with Gasteiger partial charge in [0, 0.05) is 29.7 Å². The van der Waals surface area contributed by atoms with Crippen LogP contribution in [0.1, 0.15) is 24.8 Å². The topological polar surface area (TPSA) is 8.17 Å². The summed E-state index contributed by atoms with van der Waals surface area (Å²) in [6, 6.07) is 8.59. The summed E-state index contributed by atoms with van der Waals surface area (Å²) in [6.07, 6.45) is 6.14. The molecule has 1 saturated heterocycles. The fourth-order valence-corrected chi connectivity index (χ4v) is 2.73. The van der Waals surface area contributed by atoms with Crippen molar-refractivity contribution in [1.82, 2.24) is 9.47 Å². The molecule has 98 valence electrons. The van der Waals surface area contributed by atoms with E-state index in [2.05, 4.69) is 58.8 Å². The average molecular weight is 252 g/mol. The molecule has 2 nitrogen and oxygen atoms in total. The van der Waals surface area contributed by atoms with Crippen molar-refractivity contribution in [2.45, 2.75) is 19.3 Å². The lowest BCUT2D eigenvalue weighted by atomic mass is 10.1. The van der Waals surface area contributed by atoms with E-state index in [1.165, 1.54) is 43.3 Å². The minimum atomic E-state index is 0.910. The monoisotopic (exact) mass is 252 g/mol. The maximum Gasteiger partial charge on any atom is 0.0605 e. The zero-order chi connectivity index (χ0) is 13.1. The highest BCUT2D eigenvalue weighted by molar-refractivity contribution is 5.81. The molecule has 1 aromatic carbocycles. The molecule has 19 heavy (non-hydrogen) atoms. The van der Waals surface area contributed by atoms with Crippen LogP contribution in [-0.4, -0.2) is 29.1 Å². The van der Waals surface area contributed by atoms with Crippen LogP contribution < -0.4 is 0 Å². The molecule has 0 atom stereocenters. The minimum Gasteiger partial charge on any atom is -0.351 e. The number of aryl methyl sites for hydroxylation is 1. The standard InChI is InChI=1S/C17H20N2/c1-18-13-9-16-14-15(7-8-17(16)18)6-5-12-19-10-3-2-4-11-19/h7-9,13-14H,2-4,10-12H2,1H3. The van der Waals surface area contributed by atoms with E-state index >= 15 is 0 Å². The second-order valence-corrected chi connectivity index (χ2v) is 5.34. The van der Waals surface area contributed by atoms with Gasteiger partial charge < -0.3 is 4.57 Å². The van der Waals surface area contributed by atoms with Crippen LogP contribution in [-0.2, 0) is 7.05 Å². The summed E-state index contributed by atoms with van der Waals surface area (Å²) in [5, 5.41) is 1.27. The van der Waals surface area contributed by atoms with Gasteiger partial charge in [-0.1, -0.05) is 18.3 Å². The average Bonchev–Trinajstić information content (AvgIpc) is 2.81. The van der Waals surface area contributed by atoms with E-state index < -0.39 is 0 Å². The van der Waals surface area contributed by atoms with Gasteiger partial charge in [-0.2, -0.15) is 0 Å². The maximum atomic E-state index is 3.31. The van der Waals surface area contributed by atoms with E-state index in [0.29, 0.717) is 0 Å². The quantitative estimate of drug-likeness (QED) is 0.708. The van der Waals surface area contributed by atoms with E-state index in [-0.39, 0.29) is 0 Å². The number of hydrogen-bond acceptors (Lipinski definition) is 1. The van der Waals surface area contributed by atoms with Crippen LogP contribution in [0, 0.1) is 11.8 Å². The number of benzene rings is 1. The van der Waals surface area contributed by atoms with E-state index in [1.807, 2.05) is 0 Å². The first-order chi connectivity index (χ1) is 9.33. The van der Waals surface area contributed by atoms with Gasteiger partial charge in [0.05, 0.1) is 6.54 Å². The number of piperidine rings is 1. The SMILES string of the molecule is Cn1ccc2cc(C#CCN3CCCCC3)ccc21. The van der Waals surface area contributed by atoms with Crippen molar-refractivity contribution in [3.8, 4) is 11.8 Å². The largest absolute Gasteiger partial charge is 0.351 e. The highest BCUT2D eigenvalue weighted by Crippen LogP contribution is 2.16. The molecule has 0 N–H and O–H groups in total. The zero-order valence-corrected chi connectivity index (χ0v) is 11.5. The van der Waals surface area contributed by atoms with Crippen molar-refractivity contribution in [3.05, 3.63) is 36.0 Å². The summed E-state index contributed by atoms with van der Waals surface area (Å²) < 4.78 is 2.14. The summed E-state index contributed by atoms with van der Waals surface area (Å²) in [4.78, 5) is 2.46. The Balaban J connectivity index is 1.70. The van der Waals surface area contributed by atoms with Gasteiger partial charge >= 0.3 is 0 Å². The Kier molecular flexibility index (Phi) is 3.57. The Morgan fingerprint density at radius 1 is 1.11 bits per heavy atom. The molecule has 3 rings (SSSR count). The Morgan fingerprint density at radius 2 is 1.95 bits per heavy atom. The van der Waals surface area contributed by atoms with E-state index in [1.54, 1.807) is 0 Å². The van der Waals surface area contributed by atoms with Crippen LogP contribution in [0.2, 0.25) is 0 Å². The first-order valence-electron chi connectivity index (χ1n) is 7.09. The third kappa shape index (κ3) is 2.83. The lowest BCUT2D eigenvalue weighted by Crippen LogP contribution is -2.29. The number of rotatable bonds is 1. The molecule has 1 aliphatic rings. The van der Waals surface area contributed by atoms with Crippen molar-refractivity contribution in [1.29, 1.82) is 0 Å². The Bertz CT molecular complexity index is 621. The molecule has 0 bridgehead atoms. The smallest absolute Gasteiger partial charge is 0.0605 e. The molecular weight excluding hydrogens is 232 g/mol. The van der Waals surface area contributed by atoms with E-state index in [0.717, 1.165) is 12.1 Å². The Morgan fingerprint density at radius 3 is 2.79 bits per heavy atom. The molecule has 2 heteroatoms. The van der Waals surface area contributed by atoms with Crippen molar-refractivity contribution < 1.29 is 0 Å². The van der Waals surface area contributed by atoms with Gasteiger partial charge in [-0.15, -0.1) is 0 Å². The van der Waals surface area contributed by atoms with Gasteiger partial charge in [-0.25, -0.2) is 0 Å². The van der Waals surface area contributed by atoms with Gasteiger partial charge in [0.15, 0.2) is 0 Å². The summed E-state index contributed by atoms with van der Waals surface area (Å²) in [6.45, 7) is 3.34. The van der Waals surface area contributed by atoms with Gasteiger partial charge in [0.25, 0.3) is 0 Å². The predicted molar refractivity (Wildman–Crippen MR) is 80.1 cm³/mol. The number of aromatic nitrogens is 1. The van der Waals surface area contributed by atoms with Crippen LogP contribution in [0.25, 0.3) is 10.9 Å². The molecule has 0 saturated carbocycles. The summed E-state index contributed by atoms with van der Waals surface area (Å²) in [5.41, 5.74) is 2.39. The predicted octanol–water partition coefficient (Wildman–Crippen LogP) is 3.02. The zero-order valence-electron chi connectivity index (χ0n) is 11.5. The third-order valence-electron chi connectivity index (χ3n) is 3.87. The molecule has 1 aromatic heterocycles. The van der Waals surface area contributed by atoms with Crippen molar-refractivity contribution in [3.63, 3.8) is 0 Å². The second-order valence-electron chi connectivity index (χ2n) is 5.34. The molecule has 0 spiro atoms. The molecule has 0 aliphatic carbocycles. The number of fused-ring (bicyclic) bond motifs is 1. The fourth-order valence-electron chi connectivity index (χ4n) is 2.73.